The Hall–Kier alpha value is -3.23. The van der Waals surface area contributed by atoms with Gasteiger partial charge in [-0.2, -0.15) is 0 Å². The predicted octanol–water partition coefficient (Wildman–Crippen LogP) is 4.52. The minimum Gasteiger partial charge on any atom is -0.381 e. The molecule has 6 rings (SSSR count). The van der Waals surface area contributed by atoms with E-state index in [1.807, 2.05) is 17.0 Å². The van der Waals surface area contributed by atoms with Crippen LogP contribution in [0.5, 0.6) is 0 Å². The highest BCUT2D eigenvalue weighted by molar-refractivity contribution is 7.10. The number of carbonyl (C=O) groups is 1. The van der Waals surface area contributed by atoms with E-state index in [4.69, 9.17) is 4.99 Å². The van der Waals surface area contributed by atoms with Crippen LogP contribution in [0.3, 0.4) is 0 Å². The van der Waals surface area contributed by atoms with Crippen LogP contribution in [0.2, 0.25) is 0 Å². The molecule has 1 saturated heterocycles. The third-order valence-electron chi connectivity index (χ3n) is 7.79. The van der Waals surface area contributed by atoms with Crippen molar-refractivity contribution in [3.05, 3.63) is 78.9 Å². The van der Waals surface area contributed by atoms with Crippen LogP contribution >= 0.6 is 11.3 Å². The Morgan fingerprint density at radius 3 is 2.76 bits per heavy atom. The number of anilines is 1. The SMILES string of the molecule is Cc1ccsc1C[C@H](C)Nc1cc[nH]c(=O)c1C1=Nc2cc3c(cc2C1)CN(CCN1CCCC1)C3=O. The number of benzene rings is 1. The van der Waals surface area contributed by atoms with Gasteiger partial charge in [-0.3, -0.25) is 14.6 Å². The molecule has 0 aliphatic carbocycles. The number of pyridine rings is 1. The normalized spacial score (nSPS) is 17.7. The molecule has 1 fully saturated rings. The van der Waals surface area contributed by atoms with Gasteiger partial charge in [0.15, 0.2) is 0 Å². The number of rotatable bonds is 8. The van der Waals surface area contributed by atoms with Gasteiger partial charge in [0.1, 0.15) is 0 Å². The number of aryl methyl sites for hydroxylation is 1. The summed E-state index contributed by atoms with van der Waals surface area (Å²) in [6.45, 7) is 8.93. The number of aromatic amines is 1. The first-order chi connectivity index (χ1) is 18.0. The summed E-state index contributed by atoms with van der Waals surface area (Å²) in [6, 6.07) is 8.28. The number of likely N-dealkylation sites (tertiary alicyclic amines) is 1. The molecule has 3 aromatic rings. The van der Waals surface area contributed by atoms with Crippen LogP contribution in [0.15, 0.2) is 45.6 Å². The fraction of sp³-hybridized carbons (Fsp3) is 0.414. The van der Waals surface area contributed by atoms with E-state index in [0.717, 1.165) is 66.4 Å². The van der Waals surface area contributed by atoms with Crippen molar-refractivity contribution < 1.29 is 4.79 Å². The van der Waals surface area contributed by atoms with E-state index in [2.05, 4.69) is 46.6 Å². The number of H-pyrrole nitrogens is 1. The minimum absolute atomic E-state index is 0.0956. The van der Waals surface area contributed by atoms with Crippen molar-refractivity contribution in [2.24, 2.45) is 4.99 Å². The van der Waals surface area contributed by atoms with E-state index in [9.17, 15) is 9.59 Å². The Kier molecular flexibility index (Phi) is 6.46. The van der Waals surface area contributed by atoms with Gasteiger partial charge < -0.3 is 20.1 Å². The predicted molar refractivity (Wildman–Crippen MR) is 150 cm³/mol. The average Bonchev–Trinajstić information content (AvgIpc) is 3.66. The molecule has 8 heteroatoms. The van der Waals surface area contributed by atoms with Gasteiger partial charge in [0.2, 0.25) is 0 Å². The van der Waals surface area contributed by atoms with Gasteiger partial charge in [-0.15, -0.1) is 11.3 Å². The lowest BCUT2D eigenvalue weighted by Gasteiger charge is -2.20. The van der Waals surface area contributed by atoms with E-state index < -0.39 is 0 Å². The maximum absolute atomic E-state index is 13.1. The number of thiophene rings is 1. The standard InChI is InChI=1S/C29H33N5O2S/c1-18-6-12-37-26(18)13-19(2)31-23-5-7-30-28(35)27(23)25-15-20-14-21-17-34(11-10-33-8-3-4-9-33)29(36)22(21)16-24(20)32-25/h5-7,12,14,16,19H,3-4,8-11,13,15,17H2,1-2H3,(H2,30,31,35)/t19-/m0/s1. The van der Waals surface area contributed by atoms with Crippen molar-refractivity contribution in [3.63, 3.8) is 0 Å². The van der Waals surface area contributed by atoms with Gasteiger partial charge >= 0.3 is 0 Å². The second kappa shape index (κ2) is 9.91. The summed E-state index contributed by atoms with van der Waals surface area (Å²) in [7, 11) is 0. The summed E-state index contributed by atoms with van der Waals surface area (Å²) >= 11 is 1.77. The van der Waals surface area contributed by atoms with Crippen molar-refractivity contribution in [3.8, 4) is 0 Å². The molecule has 1 aromatic carbocycles. The van der Waals surface area contributed by atoms with Crippen molar-refractivity contribution >= 4 is 34.3 Å². The number of aliphatic imine (C=N–C) groups is 1. The molecule has 192 valence electrons. The van der Waals surface area contributed by atoms with Crippen LogP contribution in [0.25, 0.3) is 0 Å². The zero-order valence-corrected chi connectivity index (χ0v) is 22.3. The summed E-state index contributed by atoms with van der Waals surface area (Å²) in [5.41, 5.74) is 7.01. The van der Waals surface area contributed by atoms with Crippen LogP contribution in [0, 0.1) is 6.92 Å². The minimum atomic E-state index is -0.146. The van der Waals surface area contributed by atoms with Crippen molar-refractivity contribution in [2.45, 2.75) is 52.1 Å². The fourth-order valence-corrected chi connectivity index (χ4v) is 6.80. The number of hydrogen-bond acceptors (Lipinski definition) is 6. The first-order valence-electron chi connectivity index (χ1n) is 13.2. The second-order valence-electron chi connectivity index (χ2n) is 10.5. The highest BCUT2D eigenvalue weighted by Gasteiger charge is 2.31. The summed E-state index contributed by atoms with van der Waals surface area (Å²) in [4.78, 5) is 39.6. The zero-order chi connectivity index (χ0) is 25.5. The van der Waals surface area contributed by atoms with Gasteiger partial charge in [0.25, 0.3) is 11.5 Å². The van der Waals surface area contributed by atoms with E-state index in [1.165, 1.54) is 23.3 Å². The van der Waals surface area contributed by atoms with Crippen LogP contribution < -0.4 is 10.9 Å². The average molecular weight is 516 g/mol. The first kappa shape index (κ1) is 24.1. The lowest BCUT2D eigenvalue weighted by Crippen LogP contribution is -2.33. The smallest absolute Gasteiger partial charge is 0.259 e. The Balaban J connectivity index is 1.20. The van der Waals surface area contributed by atoms with Gasteiger partial charge in [-0.25, -0.2) is 0 Å². The summed E-state index contributed by atoms with van der Waals surface area (Å²) in [5.74, 6) is 0.0956. The van der Waals surface area contributed by atoms with E-state index in [0.29, 0.717) is 18.5 Å². The molecule has 0 unspecified atom stereocenters. The molecule has 3 aliphatic heterocycles. The number of aromatic nitrogens is 1. The first-order valence-corrected chi connectivity index (χ1v) is 14.1. The topological polar surface area (TPSA) is 80.8 Å². The third-order valence-corrected chi connectivity index (χ3v) is 8.84. The third kappa shape index (κ3) is 4.76. The second-order valence-corrected chi connectivity index (χ2v) is 11.5. The number of nitrogens with one attached hydrogen (secondary N) is 2. The molecule has 5 heterocycles. The van der Waals surface area contributed by atoms with Crippen LogP contribution in [0.4, 0.5) is 11.4 Å². The van der Waals surface area contributed by atoms with Gasteiger partial charge in [-0.05, 0) is 80.0 Å². The Morgan fingerprint density at radius 2 is 1.97 bits per heavy atom. The number of amides is 1. The number of fused-ring (bicyclic) bond motifs is 2. The van der Waals surface area contributed by atoms with E-state index in [1.54, 1.807) is 17.5 Å². The maximum Gasteiger partial charge on any atom is 0.259 e. The summed E-state index contributed by atoms with van der Waals surface area (Å²) < 4.78 is 0. The number of nitrogens with zero attached hydrogens (tertiary/aromatic N) is 3. The molecule has 0 saturated carbocycles. The summed E-state index contributed by atoms with van der Waals surface area (Å²) in [6.07, 6.45) is 5.69. The molecule has 0 spiro atoms. The highest BCUT2D eigenvalue weighted by Crippen LogP contribution is 2.36. The lowest BCUT2D eigenvalue weighted by molar-refractivity contribution is 0.0763. The highest BCUT2D eigenvalue weighted by atomic mass is 32.1. The van der Waals surface area contributed by atoms with Crippen LogP contribution in [-0.4, -0.2) is 58.6 Å². The monoisotopic (exact) mass is 515 g/mol. The molecular weight excluding hydrogens is 482 g/mol. The molecule has 0 radical (unpaired) electrons. The maximum atomic E-state index is 13.1. The van der Waals surface area contributed by atoms with Crippen LogP contribution in [-0.2, 0) is 19.4 Å². The molecule has 0 bridgehead atoms. The van der Waals surface area contributed by atoms with Gasteiger partial charge in [0.05, 0.1) is 22.6 Å². The number of hydrogen-bond donors (Lipinski definition) is 2. The van der Waals surface area contributed by atoms with E-state index in [-0.39, 0.29) is 17.5 Å². The molecular formula is C29H33N5O2S. The van der Waals surface area contributed by atoms with Crippen LogP contribution in [0.1, 0.15) is 57.3 Å². The molecule has 2 N–H and O–H groups in total. The Morgan fingerprint density at radius 1 is 1.14 bits per heavy atom. The van der Waals surface area contributed by atoms with E-state index >= 15 is 0 Å². The Bertz CT molecular complexity index is 1430. The number of carbonyl (C=O) groups excluding carboxylic acids is 1. The van der Waals surface area contributed by atoms with Gasteiger partial charge in [-0.1, -0.05) is 6.07 Å². The molecule has 1 atom stereocenters. The van der Waals surface area contributed by atoms with Crippen molar-refractivity contribution in [1.82, 2.24) is 14.8 Å². The van der Waals surface area contributed by atoms with Gasteiger partial charge in [0, 0.05) is 55.2 Å². The summed E-state index contributed by atoms with van der Waals surface area (Å²) in [5, 5.41) is 5.68. The molecule has 7 nitrogen and oxygen atoms in total. The largest absolute Gasteiger partial charge is 0.381 e. The molecule has 37 heavy (non-hydrogen) atoms. The molecule has 1 amide bonds. The molecule has 3 aliphatic rings. The van der Waals surface area contributed by atoms with Crippen molar-refractivity contribution in [1.29, 1.82) is 0 Å². The molecule has 2 aromatic heterocycles. The fourth-order valence-electron chi connectivity index (χ4n) is 5.76. The zero-order valence-electron chi connectivity index (χ0n) is 21.5. The Labute approximate surface area is 221 Å². The lowest BCUT2D eigenvalue weighted by atomic mass is 10.00. The van der Waals surface area contributed by atoms with Crippen molar-refractivity contribution in [2.75, 3.05) is 31.5 Å². The quantitative estimate of drug-likeness (QED) is 0.462.